The molecule has 0 aromatic heterocycles. The second kappa shape index (κ2) is 8.54. The molecule has 1 aliphatic heterocycles. The molecule has 3 rings (SSSR count). The standard InChI is InChI=1S/C20H20N2O7S/c1-12(9-18(23)21-14-5-3-13(4-6-14)20(25)28-2)30(26,27)15-7-8-17-16(10-15)22-19(24)11-29-17/h3-8,10,12H,9,11H2,1-2H3,(H,21,23)(H,22,24). The van der Waals surface area contributed by atoms with Gasteiger partial charge in [0.1, 0.15) is 5.75 Å². The van der Waals surface area contributed by atoms with E-state index >= 15 is 0 Å². The molecule has 1 aliphatic rings. The molecule has 158 valence electrons. The van der Waals surface area contributed by atoms with Crippen LogP contribution in [0, 0.1) is 0 Å². The molecule has 1 unspecified atom stereocenters. The molecule has 2 N–H and O–H groups in total. The van der Waals surface area contributed by atoms with Gasteiger partial charge in [-0.1, -0.05) is 0 Å². The maximum atomic E-state index is 12.9. The summed E-state index contributed by atoms with van der Waals surface area (Å²) in [6, 6.07) is 10.2. The molecule has 10 heteroatoms. The van der Waals surface area contributed by atoms with Gasteiger partial charge in [0.15, 0.2) is 16.4 Å². The van der Waals surface area contributed by atoms with Crippen molar-refractivity contribution in [3.63, 3.8) is 0 Å². The highest BCUT2D eigenvalue weighted by Crippen LogP contribution is 2.31. The summed E-state index contributed by atoms with van der Waals surface area (Å²) in [6.07, 6.45) is -0.277. The SMILES string of the molecule is COC(=O)c1ccc(NC(=O)CC(C)S(=O)(=O)c2ccc3c(c2)NC(=O)CO3)cc1. The van der Waals surface area contributed by atoms with Crippen molar-refractivity contribution in [2.24, 2.45) is 0 Å². The summed E-state index contributed by atoms with van der Waals surface area (Å²) in [7, 11) is -2.56. The molecule has 2 aromatic carbocycles. The number of fused-ring (bicyclic) bond motifs is 1. The number of benzene rings is 2. The van der Waals surface area contributed by atoms with Crippen LogP contribution in [-0.2, 0) is 24.2 Å². The van der Waals surface area contributed by atoms with E-state index in [0.717, 1.165) is 0 Å². The van der Waals surface area contributed by atoms with E-state index in [1.807, 2.05) is 0 Å². The van der Waals surface area contributed by atoms with Crippen LogP contribution in [0.2, 0.25) is 0 Å². The number of esters is 1. The number of carbonyl (C=O) groups excluding carboxylic acids is 3. The fourth-order valence-electron chi connectivity index (χ4n) is 2.86. The maximum Gasteiger partial charge on any atom is 0.337 e. The molecule has 1 heterocycles. The average molecular weight is 432 g/mol. The van der Waals surface area contributed by atoms with Gasteiger partial charge in [-0.15, -0.1) is 0 Å². The fraction of sp³-hybridized carbons (Fsp3) is 0.250. The number of hydrogen-bond donors (Lipinski definition) is 2. The molecule has 0 saturated heterocycles. The van der Waals surface area contributed by atoms with Crippen molar-refractivity contribution in [2.75, 3.05) is 24.4 Å². The first kappa shape index (κ1) is 21.3. The van der Waals surface area contributed by atoms with Gasteiger partial charge in [-0.25, -0.2) is 13.2 Å². The first-order valence-electron chi connectivity index (χ1n) is 8.99. The van der Waals surface area contributed by atoms with Crippen LogP contribution in [0.25, 0.3) is 0 Å². The number of amides is 2. The Morgan fingerprint density at radius 2 is 1.90 bits per heavy atom. The van der Waals surface area contributed by atoms with E-state index < -0.39 is 27.0 Å². The first-order chi connectivity index (χ1) is 14.2. The van der Waals surface area contributed by atoms with Crippen LogP contribution in [0.1, 0.15) is 23.7 Å². The Morgan fingerprint density at radius 3 is 2.57 bits per heavy atom. The lowest BCUT2D eigenvalue weighted by molar-refractivity contribution is -0.118. The summed E-state index contributed by atoms with van der Waals surface area (Å²) in [5.41, 5.74) is 1.02. The second-order valence-corrected chi connectivity index (χ2v) is 9.04. The van der Waals surface area contributed by atoms with Crippen LogP contribution in [0.3, 0.4) is 0 Å². The van der Waals surface area contributed by atoms with Crippen molar-refractivity contribution in [1.29, 1.82) is 0 Å². The van der Waals surface area contributed by atoms with Gasteiger partial charge in [0.25, 0.3) is 5.91 Å². The van der Waals surface area contributed by atoms with Crippen molar-refractivity contribution in [3.8, 4) is 5.75 Å². The topological polar surface area (TPSA) is 128 Å². The lowest BCUT2D eigenvalue weighted by Crippen LogP contribution is -2.27. The van der Waals surface area contributed by atoms with E-state index in [2.05, 4.69) is 15.4 Å². The quantitative estimate of drug-likeness (QED) is 0.668. The molecule has 1 atom stereocenters. The molecule has 0 aliphatic carbocycles. The summed E-state index contributed by atoms with van der Waals surface area (Å²) in [5.74, 6) is -0.984. The number of hydrogen-bond acceptors (Lipinski definition) is 7. The van der Waals surface area contributed by atoms with Crippen LogP contribution in [-0.4, -0.2) is 45.2 Å². The third kappa shape index (κ3) is 4.60. The number of carbonyl (C=O) groups is 3. The van der Waals surface area contributed by atoms with Gasteiger partial charge in [-0.05, 0) is 49.4 Å². The zero-order valence-electron chi connectivity index (χ0n) is 16.3. The van der Waals surface area contributed by atoms with E-state index in [-0.39, 0.29) is 29.5 Å². The zero-order valence-corrected chi connectivity index (χ0v) is 17.1. The van der Waals surface area contributed by atoms with Gasteiger partial charge < -0.3 is 20.1 Å². The molecule has 9 nitrogen and oxygen atoms in total. The van der Waals surface area contributed by atoms with Crippen LogP contribution >= 0.6 is 0 Å². The Morgan fingerprint density at radius 1 is 1.20 bits per heavy atom. The molecule has 2 amide bonds. The third-order valence-electron chi connectivity index (χ3n) is 4.50. The van der Waals surface area contributed by atoms with Crippen molar-refractivity contribution in [3.05, 3.63) is 48.0 Å². The molecule has 0 fully saturated rings. The third-order valence-corrected chi connectivity index (χ3v) is 6.64. The molecular weight excluding hydrogens is 412 g/mol. The van der Waals surface area contributed by atoms with Gasteiger partial charge in [-0.3, -0.25) is 9.59 Å². The Hall–Kier alpha value is -3.40. The fourth-order valence-corrected chi connectivity index (χ4v) is 4.24. The van der Waals surface area contributed by atoms with Crippen molar-refractivity contribution in [1.82, 2.24) is 0 Å². The zero-order chi connectivity index (χ0) is 21.9. The number of anilines is 2. The molecule has 2 aromatic rings. The highest BCUT2D eigenvalue weighted by molar-refractivity contribution is 7.92. The number of ether oxygens (including phenoxy) is 2. The smallest absolute Gasteiger partial charge is 0.337 e. The van der Waals surface area contributed by atoms with Crippen molar-refractivity contribution in [2.45, 2.75) is 23.5 Å². The van der Waals surface area contributed by atoms with Gasteiger partial charge in [-0.2, -0.15) is 0 Å². The maximum absolute atomic E-state index is 12.9. The molecule has 0 saturated carbocycles. The molecular formula is C20H20N2O7S. The number of sulfone groups is 1. The predicted octanol–water partition coefficient (Wildman–Crippen LogP) is 2.00. The largest absolute Gasteiger partial charge is 0.482 e. The van der Waals surface area contributed by atoms with Gasteiger partial charge >= 0.3 is 5.97 Å². The van der Waals surface area contributed by atoms with Crippen LogP contribution in [0.15, 0.2) is 47.4 Å². The minimum atomic E-state index is -3.83. The first-order valence-corrected chi connectivity index (χ1v) is 10.5. The van der Waals surface area contributed by atoms with Crippen LogP contribution in [0.5, 0.6) is 5.75 Å². The number of nitrogens with one attached hydrogen (secondary N) is 2. The van der Waals surface area contributed by atoms with E-state index in [4.69, 9.17) is 4.74 Å². The Balaban J connectivity index is 1.68. The highest BCUT2D eigenvalue weighted by atomic mass is 32.2. The van der Waals surface area contributed by atoms with Gasteiger partial charge in [0.05, 0.1) is 28.5 Å². The number of methoxy groups -OCH3 is 1. The normalized spacial score (nSPS) is 14.0. The molecule has 0 spiro atoms. The Labute approximate surface area is 173 Å². The van der Waals surface area contributed by atoms with Gasteiger partial charge in [0, 0.05) is 12.1 Å². The predicted molar refractivity (Wildman–Crippen MR) is 108 cm³/mol. The Kier molecular flexibility index (Phi) is 6.06. The monoisotopic (exact) mass is 432 g/mol. The number of rotatable bonds is 6. The Bertz CT molecular complexity index is 1090. The highest BCUT2D eigenvalue weighted by Gasteiger charge is 2.28. The lowest BCUT2D eigenvalue weighted by Gasteiger charge is -2.19. The minimum Gasteiger partial charge on any atom is -0.482 e. The summed E-state index contributed by atoms with van der Waals surface area (Å²) in [4.78, 5) is 35.2. The summed E-state index contributed by atoms with van der Waals surface area (Å²) >= 11 is 0. The van der Waals surface area contributed by atoms with E-state index in [1.165, 1.54) is 56.5 Å². The lowest BCUT2D eigenvalue weighted by atomic mass is 10.2. The summed E-state index contributed by atoms with van der Waals surface area (Å²) < 4.78 is 35.5. The molecule has 0 bridgehead atoms. The molecule has 30 heavy (non-hydrogen) atoms. The van der Waals surface area contributed by atoms with Crippen LogP contribution < -0.4 is 15.4 Å². The minimum absolute atomic E-state index is 0.0187. The van der Waals surface area contributed by atoms with E-state index in [9.17, 15) is 22.8 Å². The second-order valence-electron chi connectivity index (χ2n) is 6.67. The van der Waals surface area contributed by atoms with Crippen molar-refractivity contribution >= 4 is 39.0 Å². The van der Waals surface area contributed by atoms with E-state index in [1.54, 1.807) is 0 Å². The van der Waals surface area contributed by atoms with Crippen molar-refractivity contribution < 1.29 is 32.3 Å². The van der Waals surface area contributed by atoms with E-state index in [0.29, 0.717) is 17.0 Å². The van der Waals surface area contributed by atoms with Crippen LogP contribution in [0.4, 0.5) is 11.4 Å². The summed E-state index contributed by atoms with van der Waals surface area (Å²) in [6.45, 7) is 1.31. The van der Waals surface area contributed by atoms with Gasteiger partial charge in [0.2, 0.25) is 5.91 Å². The molecule has 0 radical (unpaired) electrons. The summed E-state index contributed by atoms with van der Waals surface area (Å²) in [5, 5.41) is 4.16. The average Bonchev–Trinajstić information content (AvgIpc) is 2.72.